The molecule has 0 saturated carbocycles. The fourth-order valence-corrected chi connectivity index (χ4v) is 3.81. The van der Waals surface area contributed by atoms with Gasteiger partial charge in [-0.05, 0) is 24.4 Å². The number of esters is 1. The highest BCUT2D eigenvalue weighted by Gasteiger charge is 2.27. The van der Waals surface area contributed by atoms with E-state index in [4.69, 9.17) is 21.4 Å². The van der Waals surface area contributed by atoms with Crippen molar-refractivity contribution in [1.82, 2.24) is 14.7 Å². The van der Waals surface area contributed by atoms with E-state index in [1.807, 2.05) is 4.90 Å². The summed E-state index contributed by atoms with van der Waals surface area (Å²) in [6.45, 7) is 1.72. The van der Waals surface area contributed by atoms with Crippen LogP contribution in [0.2, 0.25) is 0 Å². The van der Waals surface area contributed by atoms with Crippen LogP contribution in [0.25, 0.3) is 11.5 Å². The van der Waals surface area contributed by atoms with E-state index in [2.05, 4.69) is 5.10 Å². The summed E-state index contributed by atoms with van der Waals surface area (Å²) in [6.07, 6.45) is 0. The van der Waals surface area contributed by atoms with Crippen molar-refractivity contribution >= 4 is 29.9 Å². The summed E-state index contributed by atoms with van der Waals surface area (Å²) in [6, 6.07) is 6.24. The quantitative estimate of drug-likeness (QED) is 0.606. The molecule has 0 bridgehead atoms. The van der Waals surface area contributed by atoms with Crippen LogP contribution < -0.4 is 0 Å². The van der Waals surface area contributed by atoms with E-state index in [1.165, 1.54) is 17.9 Å². The molecule has 0 aliphatic carbocycles. The number of aromatic nitrogens is 2. The average Bonchev–Trinajstić information content (AvgIpc) is 2.95. The summed E-state index contributed by atoms with van der Waals surface area (Å²) in [5, 5.41) is 4.04. The second-order valence-electron chi connectivity index (χ2n) is 5.25. The SMILES string of the molecule is COC(=O)[C@H]1CN(Cn2nc(-c3ccccc3F)oc2=S)CCS1. The van der Waals surface area contributed by atoms with E-state index in [9.17, 15) is 9.18 Å². The molecule has 1 saturated heterocycles. The second kappa shape index (κ2) is 7.45. The average molecular weight is 369 g/mol. The molecular formula is C15H16FN3O3S2. The van der Waals surface area contributed by atoms with Gasteiger partial charge in [0, 0.05) is 18.8 Å². The molecule has 2 aromatic rings. The number of nitrogens with zero attached hydrogens (tertiary/aromatic N) is 3. The summed E-state index contributed by atoms with van der Waals surface area (Å²) in [4.78, 5) is 13.9. The van der Waals surface area contributed by atoms with Crippen LogP contribution in [-0.4, -0.2) is 51.9 Å². The largest absolute Gasteiger partial charge is 0.468 e. The first kappa shape index (κ1) is 17.1. The number of thioether (sulfide) groups is 1. The molecule has 6 nitrogen and oxygen atoms in total. The molecule has 1 aliphatic rings. The third-order valence-electron chi connectivity index (χ3n) is 3.66. The van der Waals surface area contributed by atoms with Crippen molar-refractivity contribution in [2.75, 3.05) is 26.0 Å². The number of rotatable bonds is 4. The fourth-order valence-electron chi connectivity index (χ4n) is 2.43. The molecule has 1 atom stereocenters. The molecule has 128 valence electrons. The Morgan fingerprint density at radius 1 is 1.54 bits per heavy atom. The number of hydrogen-bond donors (Lipinski definition) is 0. The first-order valence-electron chi connectivity index (χ1n) is 7.33. The lowest BCUT2D eigenvalue weighted by molar-refractivity contribution is -0.140. The van der Waals surface area contributed by atoms with Crippen molar-refractivity contribution in [2.45, 2.75) is 11.9 Å². The van der Waals surface area contributed by atoms with Gasteiger partial charge in [0.25, 0.3) is 4.84 Å². The number of hydrogen-bond acceptors (Lipinski definition) is 7. The number of carbonyl (C=O) groups excluding carboxylic acids is 1. The molecule has 1 aromatic carbocycles. The Morgan fingerprint density at radius 3 is 3.08 bits per heavy atom. The summed E-state index contributed by atoms with van der Waals surface area (Å²) in [7, 11) is 1.39. The molecule has 1 aliphatic heterocycles. The minimum atomic E-state index is -0.416. The van der Waals surface area contributed by atoms with Gasteiger partial charge >= 0.3 is 5.97 Å². The van der Waals surface area contributed by atoms with Crippen LogP contribution >= 0.6 is 24.0 Å². The maximum absolute atomic E-state index is 13.8. The normalized spacial score (nSPS) is 18.5. The van der Waals surface area contributed by atoms with Gasteiger partial charge < -0.3 is 9.15 Å². The Bertz CT molecular complexity index is 792. The highest BCUT2D eigenvalue weighted by atomic mass is 32.2. The van der Waals surface area contributed by atoms with Gasteiger partial charge in [0.15, 0.2) is 0 Å². The Morgan fingerprint density at radius 2 is 2.33 bits per heavy atom. The van der Waals surface area contributed by atoms with Crippen LogP contribution in [0, 0.1) is 10.7 Å². The lowest BCUT2D eigenvalue weighted by Crippen LogP contribution is -2.42. The smallest absolute Gasteiger partial charge is 0.320 e. The van der Waals surface area contributed by atoms with Crippen LogP contribution in [0.3, 0.4) is 0 Å². The number of halogens is 1. The zero-order valence-electron chi connectivity index (χ0n) is 13.0. The number of carbonyl (C=O) groups is 1. The van der Waals surface area contributed by atoms with Crippen LogP contribution in [-0.2, 0) is 16.2 Å². The van der Waals surface area contributed by atoms with Crippen molar-refractivity contribution in [1.29, 1.82) is 0 Å². The maximum Gasteiger partial charge on any atom is 0.320 e. The predicted molar refractivity (Wildman–Crippen MR) is 90.6 cm³/mol. The molecule has 0 unspecified atom stereocenters. The van der Waals surface area contributed by atoms with E-state index in [0.717, 1.165) is 12.3 Å². The highest BCUT2D eigenvalue weighted by molar-refractivity contribution is 8.00. The molecule has 3 rings (SSSR count). The van der Waals surface area contributed by atoms with Crippen LogP contribution in [0.4, 0.5) is 4.39 Å². The van der Waals surface area contributed by atoms with Gasteiger partial charge in [0.1, 0.15) is 11.1 Å². The summed E-state index contributed by atoms with van der Waals surface area (Å²) >= 11 is 6.75. The summed E-state index contributed by atoms with van der Waals surface area (Å²) in [5.41, 5.74) is 0.268. The topological polar surface area (TPSA) is 60.5 Å². The highest BCUT2D eigenvalue weighted by Crippen LogP contribution is 2.23. The predicted octanol–water partition coefficient (Wildman–Crippen LogP) is 2.56. The minimum absolute atomic E-state index is 0.147. The van der Waals surface area contributed by atoms with Gasteiger partial charge in [-0.3, -0.25) is 9.69 Å². The Balaban J connectivity index is 1.75. The third-order valence-corrected chi connectivity index (χ3v) is 5.12. The first-order chi connectivity index (χ1) is 11.6. The second-order valence-corrected chi connectivity index (χ2v) is 6.91. The molecule has 1 fully saturated rings. The number of ether oxygens (including phenoxy) is 1. The van der Waals surface area contributed by atoms with Crippen LogP contribution in [0.15, 0.2) is 28.7 Å². The minimum Gasteiger partial charge on any atom is -0.468 e. The van der Waals surface area contributed by atoms with Crippen molar-refractivity contribution in [3.8, 4) is 11.5 Å². The van der Waals surface area contributed by atoms with Gasteiger partial charge in [-0.2, -0.15) is 0 Å². The van der Waals surface area contributed by atoms with Crippen molar-refractivity contribution in [3.63, 3.8) is 0 Å². The summed E-state index contributed by atoms with van der Waals surface area (Å²) < 4.78 is 25.6. The molecular weight excluding hydrogens is 353 g/mol. The summed E-state index contributed by atoms with van der Waals surface area (Å²) in [5.74, 6) is 0.306. The van der Waals surface area contributed by atoms with Gasteiger partial charge in [-0.1, -0.05) is 12.1 Å². The van der Waals surface area contributed by atoms with E-state index in [0.29, 0.717) is 13.2 Å². The molecule has 2 heterocycles. The Labute approximate surface area is 147 Å². The molecule has 9 heteroatoms. The number of methoxy groups -OCH3 is 1. The zero-order valence-corrected chi connectivity index (χ0v) is 14.6. The zero-order chi connectivity index (χ0) is 17.1. The van der Waals surface area contributed by atoms with E-state index in [1.54, 1.807) is 30.0 Å². The molecule has 0 N–H and O–H groups in total. The van der Waals surface area contributed by atoms with Gasteiger partial charge in [-0.15, -0.1) is 16.9 Å². The van der Waals surface area contributed by atoms with Gasteiger partial charge in [-0.25, -0.2) is 9.07 Å². The number of benzene rings is 1. The van der Waals surface area contributed by atoms with Gasteiger partial charge in [0.05, 0.1) is 19.3 Å². The van der Waals surface area contributed by atoms with Crippen molar-refractivity contribution in [2.24, 2.45) is 0 Å². The lowest BCUT2D eigenvalue weighted by Gasteiger charge is -2.30. The Kier molecular flexibility index (Phi) is 5.32. The first-order valence-corrected chi connectivity index (χ1v) is 8.79. The van der Waals surface area contributed by atoms with E-state index >= 15 is 0 Å². The fraction of sp³-hybridized carbons (Fsp3) is 0.400. The maximum atomic E-state index is 13.8. The lowest BCUT2D eigenvalue weighted by atomic mass is 10.2. The molecule has 0 amide bonds. The van der Waals surface area contributed by atoms with Crippen molar-refractivity contribution < 1.29 is 18.3 Å². The van der Waals surface area contributed by atoms with E-state index in [-0.39, 0.29) is 27.5 Å². The van der Waals surface area contributed by atoms with Crippen LogP contribution in [0.1, 0.15) is 0 Å². The third kappa shape index (κ3) is 3.68. The monoisotopic (exact) mass is 369 g/mol. The molecule has 0 spiro atoms. The molecule has 24 heavy (non-hydrogen) atoms. The van der Waals surface area contributed by atoms with Crippen LogP contribution in [0.5, 0.6) is 0 Å². The molecule has 0 radical (unpaired) electrons. The van der Waals surface area contributed by atoms with E-state index < -0.39 is 5.82 Å². The van der Waals surface area contributed by atoms with Crippen molar-refractivity contribution in [3.05, 3.63) is 34.9 Å². The Hall–Kier alpha value is -1.71. The van der Waals surface area contributed by atoms with Gasteiger partial charge in [0.2, 0.25) is 5.89 Å². The molecule has 1 aromatic heterocycles. The standard InChI is InChI=1S/C15H16FN3O3S2/c1-21-14(20)12-8-18(6-7-24-12)9-19-15(23)22-13(17-19)10-4-2-3-5-11(10)16/h2-5,12H,6-9H2,1H3/t12-/m1/s1.